The van der Waals surface area contributed by atoms with Crippen LogP contribution in [0, 0.1) is 5.92 Å². The van der Waals surface area contributed by atoms with Crippen LogP contribution >= 0.6 is 0 Å². The summed E-state index contributed by atoms with van der Waals surface area (Å²) in [7, 11) is 0. The summed E-state index contributed by atoms with van der Waals surface area (Å²) in [6.07, 6.45) is 4.73. The fourth-order valence-electron chi connectivity index (χ4n) is 4.75. The Bertz CT molecular complexity index is 756. The van der Waals surface area contributed by atoms with Gasteiger partial charge in [0.2, 0.25) is 0 Å². The van der Waals surface area contributed by atoms with Crippen molar-refractivity contribution in [3.8, 4) is 0 Å². The normalized spacial score (nSPS) is 15.2. The van der Waals surface area contributed by atoms with E-state index < -0.39 is 0 Å². The van der Waals surface area contributed by atoms with E-state index in [1.165, 1.54) is 19.3 Å². The van der Waals surface area contributed by atoms with Gasteiger partial charge in [-0.15, -0.1) is 0 Å². The van der Waals surface area contributed by atoms with Gasteiger partial charge < -0.3 is 71.4 Å². The van der Waals surface area contributed by atoms with Crippen molar-refractivity contribution in [2.45, 2.75) is 105 Å². The van der Waals surface area contributed by atoms with Crippen molar-refractivity contribution < 1.29 is 71.4 Å². The summed E-state index contributed by atoms with van der Waals surface area (Å²) >= 11 is 0. The van der Waals surface area contributed by atoms with Gasteiger partial charge >= 0.3 is 0 Å². The van der Waals surface area contributed by atoms with Crippen molar-refractivity contribution in [2.24, 2.45) is 5.92 Å². The highest BCUT2D eigenvalue weighted by Gasteiger charge is 2.14. The molecular formula is C41H84O15. The number of rotatable bonds is 47. The standard InChI is InChI=1S/C41H84O15/c1-8-10-11-41(9-2)35-51-30-36(3)53-32-38(5)55-34-40(7)56-33-39(6)54-31-37(4)52-29-28-50-27-26-49-25-24-48-23-22-47-21-20-46-19-18-45-17-16-44-15-14-43-13-12-42/h36-42H,8-35H2,1-7H3. The van der Waals surface area contributed by atoms with Crippen LogP contribution in [-0.4, -0.2) is 194 Å². The third-order valence-corrected chi connectivity index (χ3v) is 8.18. The molecule has 0 amide bonds. The highest BCUT2D eigenvalue weighted by Crippen LogP contribution is 2.13. The molecule has 0 radical (unpaired) electrons. The second kappa shape index (κ2) is 44.0. The molecule has 338 valence electrons. The van der Waals surface area contributed by atoms with E-state index in [2.05, 4.69) is 13.8 Å². The van der Waals surface area contributed by atoms with Gasteiger partial charge in [0.25, 0.3) is 0 Å². The van der Waals surface area contributed by atoms with Crippen LogP contribution in [0.2, 0.25) is 0 Å². The van der Waals surface area contributed by atoms with Gasteiger partial charge in [0.15, 0.2) is 0 Å². The summed E-state index contributed by atoms with van der Waals surface area (Å²) < 4.78 is 78.9. The van der Waals surface area contributed by atoms with Crippen LogP contribution in [0.4, 0.5) is 0 Å². The molecule has 0 fully saturated rings. The second-order valence-corrected chi connectivity index (χ2v) is 13.8. The highest BCUT2D eigenvalue weighted by atomic mass is 16.6. The predicted molar refractivity (Wildman–Crippen MR) is 215 cm³/mol. The molecule has 0 bridgehead atoms. The molecule has 0 aromatic carbocycles. The maximum absolute atomic E-state index is 8.60. The zero-order chi connectivity index (χ0) is 41.2. The molecule has 0 heterocycles. The molecule has 6 atom stereocenters. The largest absolute Gasteiger partial charge is 0.394 e. The van der Waals surface area contributed by atoms with E-state index >= 15 is 0 Å². The monoisotopic (exact) mass is 817 g/mol. The molecule has 0 spiro atoms. The highest BCUT2D eigenvalue weighted by molar-refractivity contribution is 4.60. The first kappa shape index (κ1) is 55.4. The van der Waals surface area contributed by atoms with Crippen molar-refractivity contribution in [2.75, 3.05) is 159 Å². The Morgan fingerprint density at radius 3 is 0.964 bits per heavy atom. The molecule has 0 saturated carbocycles. The summed E-state index contributed by atoms with van der Waals surface area (Å²) in [5, 5.41) is 8.60. The summed E-state index contributed by atoms with van der Waals surface area (Å²) in [5.74, 6) is 0.640. The molecule has 15 nitrogen and oxygen atoms in total. The molecule has 56 heavy (non-hydrogen) atoms. The molecule has 0 aromatic heterocycles. The van der Waals surface area contributed by atoms with Gasteiger partial charge in [-0.1, -0.05) is 33.1 Å². The van der Waals surface area contributed by atoms with Crippen molar-refractivity contribution in [3.05, 3.63) is 0 Å². The molecule has 0 aliphatic rings. The molecule has 6 unspecified atom stereocenters. The van der Waals surface area contributed by atoms with Crippen LogP contribution < -0.4 is 0 Å². The Hall–Kier alpha value is -0.600. The lowest BCUT2D eigenvalue weighted by atomic mass is 10.0. The lowest BCUT2D eigenvalue weighted by Gasteiger charge is -2.22. The Morgan fingerprint density at radius 1 is 0.339 bits per heavy atom. The van der Waals surface area contributed by atoms with Crippen molar-refractivity contribution in [1.82, 2.24) is 0 Å². The zero-order valence-corrected chi connectivity index (χ0v) is 36.4. The van der Waals surface area contributed by atoms with E-state index in [9.17, 15) is 0 Å². The smallest absolute Gasteiger partial charge is 0.0781 e. The molecule has 0 rings (SSSR count). The van der Waals surface area contributed by atoms with Crippen LogP contribution in [0.15, 0.2) is 0 Å². The maximum Gasteiger partial charge on any atom is 0.0781 e. The van der Waals surface area contributed by atoms with Crippen molar-refractivity contribution in [3.63, 3.8) is 0 Å². The van der Waals surface area contributed by atoms with Gasteiger partial charge in [0.1, 0.15) is 0 Å². The first-order chi connectivity index (χ1) is 27.3. The van der Waals surface area contributed by atoms with Crippen LogP contribution in [0.25, 0.3) is 0 Å². The average Bonchev–Trinajstić information content (AvgIpc) is 3.20. The minimum Gasteiger partial charge on any atom is -0.394 e. The average molecular weight is 817 g/mol. The summed E-state index contributed by atoms with van der Waals surface area (Å²) in [6.45, 7) is 26.2. The third-order valence-electron chi connectivity index (χ3n) is 8.18. The van der Waals surface area contributed by atoms with E-state index in [0.29, 0.717) is 151 Å². The molecular weight excluding hydrogens is 732 g/mol. The van der Waals surface area contributed by atoms with E-state index in [4.69, 9.17) is 71.4 Å². The maximum atomic E-state index is 8.60. The molecule has 0 aliphatic heterocycles. The van der Waals surface area contributed by atoms with Gasteiger partial charge in [-0.05, 0) is 47.0 Å². The van der Waals surface area contributed by atoms with Gasteiger partial charge in [0.05, 0.1) is 182 Å². The predicted octanol–water partition coefficient (Wildman–Crippen LogP) is 4.37. The van der Waals surface area contributed by atoms with Gasteiger partial charge in [-0.2, -0.15) is 0 Å². The molecule has 15 heteroatoms. The minimum absolute atomic E-state index is 0.0230. The minimum atomic E-state index is -0.0613. The third kappa shape index (κ3) is 41.6. The first-order valence-corrected chi connectivity index (χ1v) is 21.2. The summed E-state index contributed by atoms with van der Waals surface area (Å²) in [4.78, 5) is 0. The summed E-state index contributed by atoms with van der Waals surface area (Å²) in [6, 6.07) is 0. The van der Waals surface area contributed by atoms with E-state index in [-0.39, 0.29) is 37.1 Å². The number of aliphatic hydroxyl groups is 1. The quantitative estimate of drug-likeness (QED) is 0.0867. The van der Waals surface area contributed by atoms with Gasteiger partial charge in [-0.3, -0.25) is 0 Å². The number of hydrogen-bond donors (Lipinski definition) is 1. The SMILES string of the molecule is CCCCC(CC)COCC(C)OCC(C)OCC(C)OCC(C)OCC(C)OCCOCCOCCOCCOCCOCCOCCOCCOCCO. The second-order valence-electron chi connectivity index (χ2n) is 13.8. The van der Waals surface area contributed by atoms with Gasteiger partial charge in [-0.25, -0.2) is 0 Å². The Balaban J connectivity index is 3.48. The first-order valence-electron chi connectivity index (χ1n) is 21.2. The van der Waals surface area contributed by atoms with Crippen molar-refractivity contribution >= 4 is 0 Å². The van der Waals surface area contributed by atoms with Crippen LogP contribution in [-0.2, 0) is 66.3 Å². The fraction of sp³-hybridized carbons (Fsp3) is 1.00. The molecule has 0 aromatic rings. The lowest BCUT2D eigenvalue weighted by molar-refractivity contribution is -0.102. The Morgan fingerprint density at radius 2 is 0.643 bits per heavy atom. The molecule has 1 N–H and O–H groups in total. The summed E-state index contributed by atoms with van der Waals surface area (Å²) in [5.41, 5.74) is 0. The van der Waals surface area contributed by atoms with Gasteiger partial charge in [0, 0.05) is 6.61 Å². The van der Waals surface area contributed by atoms with Crippen molar-refractivity contribution in [1.29, 1.82) is 0 Å². The number of aliphatic hydroxyl groups excluding tert-OH is 1. The Kier molecular flexibility index (Phi) is 43.5. The van der Waals surface area contributed by atoms with Crippen LogP contribution in [0.5, 0.6) is 0 Å². The van der Waals surface area contributed by atoms with E-state index in [0.717, 1.165) is 13.0 Å². The molecule has 0 aliphatic carbocycles. The lowest BCUT2D eigenvalue weighted by Crippen LogP contribution is -2.29. The fourth-order valence-corrected chi connectivity index (χ4v) is 4.75. The van der Waals surface area contributed by atoms with Crippen LogP contribution in [0.3, 0.4) is 0 Å². The molecule has 0 saturated heterocycles. The Labute approximate surface area is 340 Å². The van der Waals surface area contributed by atoms with E-state index in [1.54, 1.807) is 0 Å². The zero-order valence-electron chi connectivity index (χ0n) is 36.4. The number of hydrogen-bond acceptors (Lipinski definition) is 15. The number of ether oxygens (including phenoxy) is 14. The number of unbranched alkanes of at least 4 members (excludes halogenated alkanes) is 1. The topological polar surface area (TPSA) is 149 Å². The van der Waals surface area contributed by atoms with Crippen LogP contribution in [0.1, 0.15) is 74.1 Å². The van der Waals surface area contributed by atoms with E-state index in [1.807, 2.05) is 34.6 Å².